The van der Waals surface area contributed by atoms with Crippen LogP contribution in [0.1, 0.15) is 46.8 Å². The number of aromatic nitrogens is 4. The first-order valence-electron chi connectivity index (χ1n) is 10.3. The second-order valence-corrected chi connectivity index (χ2v) is 8.33. The third-order valence-electron chi connectivity index (χ3n) is 5.17. The van der Waals surface area contributed by atoms with Crippen molar-refractivity contribution < 1.29 is 9.53 Å². The normalized spacial score (nSPS) is 11.0. The van der Waals surface area contributed by atoms with Gasteiger partial charge in [-0.1, -0.05) is 31.5 Å². The highest BCUT2D eigenvalue weighted by Gasteiger charge is 2.15. The molecule has 0 amide bonds. The lowest BCUT2D eigenvalue weighted by molar-refractivity contribution is 0.0472. The number of hydrogen-bond donors (Lipinski definition) is 0. The van der Waals surface area contributed by atoms with Crippen molar-refractivity contribution in [2.75, 3.05) is 0 Å². The van der Waals surface area contributed by atoms with Gasteiger partial charge in [-0.2, -0.15) is 5.10 Å². The van der Waals surface area contributed by atoms with E-state index in [2.05, 4.69) is 35.0 Å². The number of carbonyl (C=O) groups excluding carboxylic acids is 1. The Morgan fingerprint density at radius 1 is 1.12 bits per heavy atom. The molecule has 4 rings (SSSR count). The fourth-order valence-corrected chi connectivity index (χ4v) is 3.85. The second-order valence-electron chi connectivity index (χ2n) is 7.89. The van der Waals surface area contributed by atoms with E-state index in [4.69, 9.17) is 16.3 Å². The zero-order valence-electron chi connectivity index (χ0n) is 18.1. The molecule has 0 fully saturated rings. The Morgan fingerprint density at radius 3 is 2.72 bits per heavy atom. The Bertz CT molecular complexity index is 1250. The van der Waals surface area contributed by atoms with Crippen LogP contribution in [-0.2, 0) is 11.3 Å². The van der Waals surface area contributed by atoms with Gasteiger partial charge in [0.05, 0.1) is 11.3 Å². The maximum absolute atomic E-state index is 12.9. The van der Waals surface area contributed by atoms with Gasteiger partial charge in [0.25, 0.3) is 0 Å². The van der Waals surface area contributed by atoms with Crippen molar-refractivity contribution in [1.29, 1.82) is 0 Å². The summed E-state index contributed by atoms with van der Waals surface area (Å²) in [4.78, 5) is 21.2. The fraction of sp³-hybridized carbons (Fsp3) is 0.200. The van der Waals surface area contributed by atoms with Crippen molar-refractivity contribution in [2.45, 2.75) is 33.3 Å². The maximum Gasteiger partial charge on any atom is 0.338 e. The molecule has 6 nitrogen and oxygen atoms in total. The van der Waals surface area contributed by atoms with E-state index in [1.165, 1.54) is 11.9 Å². The first kappa shape index (κ1) is 21.7. The zero-order chi connectivity index (χ0) is 22.7. The molecular formula is C25H23ClN4O2. The van der Waals surface area contributed by atoms with Crippen molar-refractivity contribution in [3.8, 4) is 16.8 Å². The van der Waals surface area contributed by atoms with Crippen molar-refractivity contribution in [2.24, 2.45) is 0 Å². The van der Waals surface area contributed by atoms with Gasteiger partial charge in [-0.3, -0.25) is 4.98 Å². The number of esters is 1. The van der Waals surface area contributed by atoms with Gasteiger partial charge in [0, 0.05) is 28.5 Å². The number of ether oxygens (including phenoxy) is 1. The first-order chi connectivity index (χ1) is 15.4. The molecule has 0 radical (unpaired) electrons. The van der Waals surface area contributed by atoms with Gasteiger partial charge in [0.15, 0.2) is 0 Å². The number of rotatable bonds is 6. The molecule has 0 spiro atoms. The Morgan fingerprint density at radius 2 is 1.97 bits per heavy atom. The van der Waals surface area contributed by atoms with Gasteiger partial charge in [-0.25, -0.2) is 14.5 Å². The standard InChI is InChI=1S/C25H23ClN4O2/c1-16(2)22-6-7-27-12-23(22)18-8-17(3)9-19(10-18)25(31)32-13-20-11-21(26)4-5-24(20)30-15-28-14-29-30/h4-12,14-16H,13H2,1-3H3. The monoisotopic (exact) mass is 446 g/mol. The summed E-state index contributed by atoms with van der Waals surface area (Å²) in [5.74, 6) is -0.0728. The number of hydrogen-bond acceptors (Lipinski definition) is 5. The average molecular weight is 447 g/mol. The highest BCUT2D eigenvalue weighted by molar-refractivity contribution is 6.30. The Hall–Kier alpha value is -3.51. The van der Waals surface area contributed by atoms with Crippen LogP contribution >= 0.6 is 11.6 Å². The van der Waals surface area contributed by atoms with Gasteiger partial charge in [0.2, 0.25) is 0 Å². The largest absolute Gasteiger partial charge is 0.457 e. The van der Waals surface area contributed by atoms with E-state index in [0.717, 1.165) is 27.9 Å². The van der Waals surface area contributed by atoms with Crippen LogP contribution in [0.25, 0.3) is 16.8 Å². The summed E-state index contributed by atoms with van der Waals surface area (Å²) in [6.45, 7) is 6.30. The molecule has 2 aromatic heterocycles. The number of benzene rings is 2. The lowest BCUT2D eigenvalue weighted by Crippen LogP contribution is -2.08. The van der Waals surface area contributed by atoms with E-state index in [0.29, 0.717) is 16.5 Å². The fourth-order valence-electron chi connectivity index (χ4n) is 3.66. The van der Waals surface area contributed by atoms with Crippen LogP contribution in [0, 0.1) is 6.92 Å². The molecule has 0 N–H and O–H groups in total. The van der Waals surface area contributed by atoms with E-state index in [-0.39, 0.29) is 6.61 Å². The minimum Gasteiger partial charge on any atom is -0.457 e. The number of pyridine rings is 1. The molecule has 0 aliphatic rings. The van der Waals surface area contributed by atoms with E-state index in [9.17, 15) is 4.79 Å². The highest BCUT2D eigenvalue weighted by atomic mass is 35.5. The summed E-state index contributed by atoms with van der Waals surface area (Å²) in [7, 11) is 0. The summed E-state index contributed by atoms with van der Waals surface area (Å²) < 4.78 is 7.27. The number of halogens is 1. The van der Waals surface area contributed by atoms with Crippen molar-refractivity contribution in [1.82, 2.24) is 19.7 Å². The van der Waals surface area contributed by atoms with E-state index >= 15 is 0 Å². The predicted octanol–water partition coefficient (Wildman–Crippen LogP) is 5.77. The minimum atomic E-state index is -0.408. The van der Waals surface area contributed by atoms with Crippen LogP contribution in [0.4, 0.5) is 0 Å². The number of aryl methyl sites for hydroxylation is 1. The molecule has 2 aromatic carbocycles. The lowest BCUT2D eigenvalue weighted by Gasteiger charge is -2.14. The maximum atomic E-state index is 12.9. The van der Waals surface area contributed by atoms with Crippen molar-refractivity contribution >= 4 is 17.6 Å². The quantitative estimate of drug-likeness (QED) is 0.351. The van der Waals surface area contributed by atoms with E-state index in [1.54, 1.807) is 29.3 Å². The topological polar surface area (TPSA) is 69.9 Å². The summed E-state index contributed by atoms with van der Waals surface area (Å²) in [6, 6.07) is 13.1. The molecule has 0 aliphatic carbocycles. The first-order valence-corrected chi connectivity index (χ1v) is 10.7. The van der Waals surface area contributed by atoms with E-state index in [1.807, 2.05) is 37.4 Å². The molecule has 0 atom stereocenters. The van der Waals surface area contributed by atoms with Gasteiger partial charge >= 0.3 is 5.97 Å². The average Bonchev–Trinajstić information content (AvgIpc) is 3.31. The Kier molecular flexibility index (Phi) is 6.32. The molecule has 0 unspecified atom stereocenters. The van der Waals surface area contributed by atoms with E-state index < -0.39 is 5.97 Å². The second kappa shape index (κ2) is 9.32. The summed E-state index contributed by atoms with van der Waals surface area (Å²) in [5, 5.41) is 4.71. The van der Waals surface area contributed by atoms with Crippen molar-refractivity contribution in [3.05, 3.63) is 94.8 Å². The SMILES string of the molecule is Cc1cc(C(=O)OCc2cc(Cl)ccc2-n2cncn2)cc(-c2cnccc2C(C)C)c1. The molecule has 7 heteroatoms. The van der Waals surface area contributed by atoms with Crippen LogP contribution in [0.5, 0.6) is 0 Å². The van der Waals surface area contributed by atoms with Crippen LogP contribution in [0.3, 0.4) is 0 Å². The zero-order valence-corrected chi connectivity index (χ0v) is 18.9. The summed E-state index contributed by atoms with van der Waals surface area (Å²) in [6.07, 6.45) is 6.67. The highest BCUT2D eigenvalue weighted by Crippen LogP contribution is 2.30. The molecule has 2 heterocycles. The number of nitrogens with zero attached hydrogens (tertiary/aromatic N) is 4. The molecule has 32 heavy (non-hydrogen) atoms. The molecule has 4 aromatic rings. The summed E-state index contributed by atoms with van der Waals surface area (Å²) >= 11 is 6.17. The molecular weight excluding hydrogens is 424 g/mol. The van der Waals surface area contributed by atoms with Crippen LogP contribution < -0.4 is 0 Å². The lowest BCUT2D eigenvalue weighted by atomic mass is 9.92. The van der Waals surface area contributed by atoms with Gasteiger partial charge in [-0.05, 0) is 65.9 Å². The number of carbonyl (C=O) groups is 1. The van der Waals surface area contributed by atoms with Gasteiger partial charge < -0.3 is 4.74 Å². The van der Waals surface area contributed by atoms with Gasteiger partial charge in [-0.15, -0.1) is 0 Å². The smallest absolute Gasteiger partial charge is 0.338 e. The van der Waals surface area contributed by atoms with Crippen LogP contribution in [0.15, 0.2) is 67.5 Å². The molecule has 162 valence electrons. The predicted molar refractivity (Wildman–Crippen MR) is 124 cm³/mol. The van der Waals surface area contributed by atoms with Crippen LogP contribution in [0.2, 0.25) is 5.02 Å². The third-order valence-corrected chi connectivity index (χ3v) is 5.40. The summed E-state index contributed by atoms with van der Waals surface area (Å²) in [5.41, 5.74) is 6.09. The molecule has 0 bridgehead atoms. The minimum absolute atomic E-state index is 0.0575. The molecule has 0 aliphatic heterocycles. The molecule has 0 saturated heterocycles. The Balaban J connectivity index is 1.60. The van der Waals surface area contributed by atoms with Crippen LogP contribution in [-0.4, -0.2) is 25.7 Å². The van der Waals surface area contributed by atoms with Gasteiger partial charge in [0.1, 0.15) is 19.3 Å². The third kappa shape index (κ3) is 4.70. The molecule has 0 saturated carbocycles. The van der Waals surface area contributed by atoms with Crippen molar-refractivity contribution in [3.63, 3.8) is 0 Å². The Labute approximate surface area is 191 Å².